The summed E-state index contributed by atoms with van der Waals surface area (Å²) in [5.74, 6) is -0.259. The fourth-order valence-electron chi connectivity index (χ4n) is 0.972. The Morgan fingerprint density at radius 2 is 2.23 bits per heavy atom. The van der Waals surface area contributed by atoms with Gasteiger partial charge in [-0.1, -0.05) is 0 Å². The average molecular weight is 294 g/mol. The Bertz CT molecular complexity index is 289. The van der Waals surface area contributed by atoms with E-state index in [9.17, 15) is 4.79 Å². The van der Waals surface area contributed by atoms with Gasteiger partial charge in [-0.2, -0.15) is 0 Å². The Morgan fingerprint density at radius 1 is 1.54 bits per heavy atom. The second kappa shape index (κ2) is 6.28. The monoisotopic (exact) mass is 292 g/mol. The number of rotatable bonds is 2. The number of ether oxygens (including phenoxy) is 1. The molecule has 0 fully saturated rings. The first-order valence-corrected chi connectivity index (χ1v) is 5.84. The minimum Gasteiger partial charge on any atom is -1.00 e. The first kappa shape index (κ1) is 12.8. The minimum atomic E-state index is -0.259. The molecule has 0 saturated carbocycles. The van der Waals surface area contributed by atoms with Crippen molar-refractivity contribution in [2.24, 2.45) is 0 Å². The van der Waals surface area contributed by atoms with Crippen molar-refractivity contribution in [1.82, 2.24) is 0 Å². The first-order chi connectivity index (χ1) is 5.77. The Hall–Kier alpha value is -0.207. The zero-order valence-electron chi connectivity index (χ0n) is 7.42. The third-order valence-corrected chi connectivity index (χ3v) is 2.85. The molecule has 0 spiro atoms. The Morgan fingerprint density at radius 3 is 2.77 bits per heavy atom. The molecule has 0 unspecified atom stereocenters. The molecule has 0 bridgehead atoms. The van der Waals surface area contributed by atoms with E-state index in [1.807, 2.05) is 18.2 Å². The van der Waals surface area contributed by atoms with Crippen LogP contribution in [0.1, 0.15) is 15.9 Å². The van der Waals surface area contributed by atoms with Crippen LogP contribution in [0.2, 0.25) is 0 Å². The van der Waals surface area contributed by atoms with E-state index in [-0.39, 0.29) is 23.0 Å². The molecule has 1 rings (SSSR count). The standard InChI is InChI=1S/C9H9O2.BrH.Zn/c1-7-4-3-5-8(6-7)9(10)11-2;;/h3-6H,1H2,2H3;1H;/q;;+1/p-1. The fraction of sp³-hybridized carbons (Fsp3) is 0.222. The van der Waals surface area contributed by atoms with Gasteiger partial charge in [0.15, 0.2) is 0 Å². The SMILES string of the molecule is COC(=O)c1cccc([CH2][Zn+])c1.[Br-]. The molecule has 0 aromatic heterocycles. The maximum absolute atomic E-state index is 11.1. The zero-order chi connectivity index (χ0) is 8.97. The summed E-state index contributed by atoms with van der Waals surface area (Å²) in [5.41, 5.74) is 1.85. The van der Waals surface area contributed by atoms with E-state index in [2.05, 4.69) is 4.74 Å². The van der Waals surface area contributed by atoms with E-state index >= 15 is 0 Å². The van der Waals surface area contributed by atoms with Crippen LogP contribution >= 0.6 is 0 Å². The predicted octanol–water partition coefficient (Wildman–Crippen LogP) is -1.48. The van der Waals surface area contributed by atoms with Gasteiger partial charge in [-0.3, -0.25) is 0 Å². The van der Waals surface area contributed by atoms with Crippen LogP contribution in [0, 0.1) is 0 Å². The molecule has 0 radical (unpaired) electrons. The van der Waals surface area contributed by atoms with Crippen LogP contribution in [0.25, 0.3) is 0 Å². The number of esters is 1. The number of hydrogen-bond acceptors (Lipinski definition) is 2. The van der Waals surface area contributed by atoms with Crippen molar-refractivity contribution >= 4 is 5.97 Å². The minimum absolute atomic E-state index is 0. The first-order valence-electron chi connectivity index (χ1n) is 3.74. The molecular weight excluding hydrogens is 285 g/mol. The van der Waals surface area contributed by atoms with Gasteiger partial charge in [0.05, 0.1) is 0 Å². The third-order valence-electron chi connectivity index (χ3n) is 1.64. The molecular formula is C9H9BrO2Zn. The molecule has 0 heterocycles. The van der Waals surface area contributed by atoms with Crippen molar-refractivity contribution in [3.05, 3.63) is 35.4 Å². The van der Waals surface area contributed by atoms with Crippen LogP contribution in [-0.4, -0.2) is 13.1 Å². The van der Waals surface area contributed by atoms with Gasteiger partial charge >= 0.3 is 81.3 Å². The summed E-state index contributed by atoms with van der Waals surface area (Å²) in [5, 5.41) is 1.06. The summed E-state index contributed by atoms with van der Waals surface area (Å²) in [6.45, 7) is 0. The van der Waals surface area contributed by atoms with Crippen LogP contribution in [0.15, 0.2) is 24.3 Å². The summed E-state index contributed by atoms with van der Waals surface area (Å²) < 4.78 is 4.61. The zero-order valence-corrected chi connectivity index (χ0v) is 12.0. The van der Waals surface area contributed by atoms with Gasteiger partial charge < -0.3 is 17.0 Å². The van der Waals surface area contributed by atoms with Crippen LogP contribution < -0.4 is 17.0 Å². The van der Waals surface area contributed by atoms with Crippen LogP contribution in [0.3, 0.4) is 0 Å². The van der Waals surface area contributed by atoms with Crippen molar-refractivity contribution in [3.63, 3.8) is 0 Å². The van der Waals surface area contributed by atoms with Crippen LogP contribution in [0.5, 0.6) is 0 Å². The van der Waals surface area contributed by atoms with Gasteiger partial charge in [0.1, 0.15) is 0 Å². The number of carbonyl (C=O) groups excluding carboxylic acids is 1. The fourth-order valence-corrected chi connectivity index (χ4v) is 1.62. The smallest absolute Gasteiger partial charge is 1.00 e. The Kier molecular flexibility index (Phi) is 6.18. The molecule has 66 valence electrons. The van der Waals surface area contributed by atoms with Crippen molar-refractivity contribution in [1.29, 1.82) is 0 Å². The summed E-state index contributed by atoms with van der Waals surface area (Å²) in [7, 11) is 1.40. The molecule has 1 aromatic carbocycles. The molecule has 1 aromatic rings. The Balaban J connectivity index is 0.00000144. The van der Waals surface area contributed by atoms with E-state index < -0.39 is 0 Å². The van der Waals surface area contributed by atoms with Gasteiger partial charge in [-0.15, -0.1) is 0 Å². The molecule has 4 heteroatoms. The summed E-state index contributed by atoms with van der Waals surface area (Å²) in [4.78, 5) is 11.1. The molecule has 2 nitrogen and oxygen atoms in total. The molecule has 0 N–H and O–H groups in total. The molecule has 0 aliphatic heterocycles. The van der Waals surface area contributed by atoms with Gasteiger partial charge in [-0.25, -0.2) is 0 Å². The molecule has 0 aliphatic rings. The molecule has 0 amide bonds. The normalized spacial score (nSPS) is 8.85. The maximum Gasteiger partial charge on any atom is -1.00 e. The maximum atomic E-state index is 11.1. The number of methoxy groups -OCH3 is 1. The second-order valence-corrected chi connectivity index (χ2v) is 3.49. The number of benzene rings is 1. The molecule has 0 saturated heterocycles. The van der Waals surface area contributed by atoms with E-state index in [0.29, 0.717) is 5.56 Å². The average Bonchev–Trinajstić information content (AvgIpc) is 2.17. The summed E-state index contributed by atoms with van der Waals surface area (Å²) >= 11 is 1.21. The van der Waals surface area contributed by atoms with Crippen molar-refractivity contribution < 1.29 is 44.8 Å². The van der Waals surface area contributed by atoms with E-state index in [1.54, 1.807) is 6.07 Å². The van der Waals surface area contributed by atoms with Crippen molar-refractivity contribution in [3.8, 4) is 0 Å². The Labute approximate surface area is 98.1 Å². The van der Waals surface area contributed by atoms with Crippen LogP contribution in [0.4, 0.5) is 0 Å². The van der Waals surface area contributed by atoms with Crippen LogP contribution in [-0.2, 0) is 28.1 Å². The van der Waals surface area contributed by atoms with Gasteiger partial charge in [0, 0.05) is 0 Å². The van der Waals surface area contributed by atoms with Gasteiger partial charge in [0.2, 0.25) is 0 Å². The van der Waals surface area contributed by atoms with E-state index in [4.69, 9.17) is 0 Å². The molecule has 0 aliphatic carbocycles. The van der Waals surface area contributed by atoms with E-state index in [0.717, 1.165) is 5.02 Å². The third kappa shape index (κ3) is 3.57. The van der Waals surface area contributed by atoms with E-state index in [1.165, 1.54) is 31.0 Å². The van der Waals surface area contributed by atoms with Crippen molar-refractivity contribution in [2.75, 3.05) is 7.11 Å². The number of hydrogen-bond donors (Lipinski definition) is 0. The quantitative estimate of drug-likeness (QED) is 0.491. The van der Waals surface area contributed by atoms with Gasteiger partial charge in [-0.05, 0) is 0 Å². The summed E-state index contributed by atoms with van der Waals surface area (Å²) in [6, 6.07) is 7.56. The van der Waals surface area contributed by atoms with Crippen molar-refractivity contribution in [2.45, 2.75) is 5.02 Å². The van der Waals surface area contributed by atoms with Gasteiger partial charge in [0.25, 0.3) is 0 Å². The largest absolute Gasteiger partial charge is 1.00 e. The summed E-state index contributed by atoms with van der Waals surface area (Å²) in [6.07, 6.45) is 0. The molecule has 0 atom stereocenters. The topological polar surface area (TPSA) is 26.3 Å². The number of carbonyl (C=O) groups is 1. The molecule has 13 heavy (non-hydrogen) atoms. The predicted molar refractivity (Wildman–Crippen MR) is 41.5 cm³/mol. The number of halogens is 1. The second-order valence-electron chi connectivity index (χ2n) is 2.44.